The van der Waals surface area contributed by atoms with Crippen molar-refractivity contribution in [2.75, 3.05) is 26.3 Å². The van der Waals surface area contributed by atoms with E-state index in [0.717, 1.165) is 50.8 Å². The highest BCUT2D eigenvalue weighted by atomic mass is 16.5. The maximum Gasteiger partial charge on any atom is 0.338 e. The van der Waals surface area contributed by atoms with Crippen LogP contribution in [0.1, 0.15) is 72.6 Å². The number of aromatic hydroxyl groups is 1. The number of ether oxygens (including phenoxy) is 2. The van der Waals surface area contributed by atoms with E-state index in [2.05, 4.69) is 11.0 Å². The summed E-state index contributed by atoms with van der Waals surface area (Å²) in [5.74, 6) is -0.0965. The molecule has 6 heteroatoms. The van der Waals surface area contributed by atoms with E-state index in [1.54, 1.807) is 6.07 Å². The minimum absolute atomic E-state index is 0.143. The van der Waals surface area contributed by atoms with Crippen LogP contribution in [0.4, 0.5) is 0 Å². The van der Waals surface area contributed by atoms with Gasteiger partial charge in [-0.15, -0.1) is 0 Å². The van der Waals surface area contributed by atoms with Gasteiger partial charge in [-0.25, -0.2) is 4.79 Å². The quantitative estimate of drug-likeness (QED) is 0.366. The van der Waals surface area contributed by atoms with Crippen LogP contribution in [0.2, 0.25) is 0 Å². The molecule has 178 valence electrons. The van der Waals surface area contributed by atoms with E-state index in [1.807, 2.05) is 44.2 Å². The Hall–Kier alpha value is -2.86. The molecule has 3 rings (SSSR count). The average molecular weight is 454 g/mol. The second kappa shape index (κ2) is 12.4. The predicted molar refractivity (Wildman–Crippen MR) is 127 cm³/mol. The van der Waals surface area contributed by atoms with Gasteiger partial charge in [0.15, 0.2) is 0 Å². The molecule has 0 spiro atoms. The fourth-order valence-electron chi connectivity index (χ4n) is 4.54. The van der Waals surface area contributed by atoms with Gasteiger partial charge in [-0.3, -0.25) is 9.69 Å². The molecule has 33 heavy (non-hydrogen) atoms. The van der Waals surface area contributed by atoms with Crippen LogP contribution in [0.25, 0.3) is 0 Å². The minimum Gasteiger partial charge on any atom is -0.508 e. The van der Waals surface area contributed by atoms with Crippen LogP contribution >= 0.6 is 0 Å². The molecule has 1 atom stereocenters. The Balaban J connectivity index is 1.70. The van der Waals surface area contributed by atoms with E-state index in [-0.39, 0.29) is 18.0 Å². The lowest BCUT2D eigenvalue weighted by molar-refractivity contribution is -0.143. The van der Waals surface area contributed by atoms with Crippen LogP contribution in [0.15, 0.2) is 42.5 Å². The van der Waals surface area contributed by atoms with Gasteiger partial charge in [0, 0.05) is 19.0 Å². The molecule has 1 aliphatic carbocycles. The number of esters is 2. The zero-order valence-electron chi connectivity index (χ0n) is 19.7. The average Bonchev–Trinajstić information content (AvgIpc) is 3.23. The van der Waals surface area contributed by atoms with Gasteiger partial charge in [0.25, 0.3) is 0 Å². The molecule has 0 heterocycles. The number of hydrogen-bond acceptors (Lipinski definition) is 6. The number of phenols is 1. The first-order valence-corrected chi connectivity index (χ1v) is 12.0. The first-order valence-electron chi connectivity index (χ1n) is 12.0. The number of aryl methyl sites for hydroxylation is 1. The highest BCUT2D eigenvalue weighted by Gasteiger charge is 2.28. The second-order valence-corrected chi connectivity index (χ2v) is 8.37. The fourth-order valence-corrected chi connectivity index (χ4v) is 4.54. The van der Waals surface area contributed by atoms with E-state index >= 15 is 0 Å². The maximum absolute atomic E-state index is 12.1. The predicted octanol–water partition coefficient (Wildman–Crippen LogP) is 4.83. The van der Waals surface area contributed by atoms with Crippen molar-refractivity contribution in [3.05, 3.63) is 64.7 Å². The Kier molecular flexibility index (Phi) is 9.31. The van der Waals surface area contributed by atoms with Crippen LogP contribution in [-0.2, 0) is 27.1 Å². The molecule has 0 saturated carbocycles. The molecule has 0 aliphatic heterocycles. The summed E-state index contributed by atoms with van der Waals surface area (Å²) in [4.78, 5) is 26.3. The Bertz CT molecular complexity index is 942. The molecular weight excluding hydrogens is 418 g/mol. The molecule has 2 aromatic rings. The summed E-state index contributed by atoms with van der Waals surface area (Å²) in [6.07, 6.45) is 4.77. The Morgan fingerprint density at radius 3 is 2.58 bits per heavy atom. The zero-order chi connectivity index (χ0) is 23.6. The standard InChI is InChI=1S/C27H35NO5/c1-3-32-26(30)11-7-8-17-28(18-16-20-9-5-6-10-25(20)29)24-15-13-21-19-22(12-14-23(21)24)27(31)33-4-2/h5-6,9-10,12,14,19,24,29H,3-4,7-8,11,13,15-18H2,1-2H3. The summed E-state index contributed by atoms with van der Waals surface area (Å²) in [7, 11) is 0. The summed E-state index contributed by atoms with van der Waals surface area (Å²) in [5, 5.41) is 10.2. The van der Waals surface area contributed by atoms with Crippen molar-refractivity contribution < 1.29 is 24.2 Å². The van der Waals surface area contributed by atoms with Crippen molar-refractivity contribution in [3.8, 4) is 5.75 Å². The second-order valence-electron chi connectivity index (χ2n) is 8.37. The van der Waals surface area contributed by atoms with Crippen LogP contribution in [0, 0.1) is 0 Å². The first-order chi connectivity index (χ1) is 16.0. The number of unbranched alkanes of at least 4 members (excludes halogenated alkanes) is 1. The van der Waals surface area contributed by atoms with Gasteiger partial charge in [0.05, 0.1) is 18.8 Å². The summed E-state index contributed by atoms with van der Waals surface area (Å²) in [6.45, 7) is 6.08. The summed E-state index contributed by atoms with van der Waals surface area (Å²) >= 11 is 0. The number of hydrogen-bond donors (Lipinski definition) is 1. The summed E-state index contributed by atoms with van der Waals surface area (Å²) in [6, 6.07) is 13.6. The number of carbonyl (C=O) groups excluding carboxylic acids is 2. The normalized spacial score (nSPS) is 14.8. The minimum atomic E-state index is -0.279. The molecule has 2 aromatic carbocycles. The lowest BCUT2D eigenvalue weighted by Crippen LogP contribution is -2.31. The van der Waals surface area contributed by atoms with E-state index in [0.29, 0.717) is 30.9 Å². The van der Waals surface area contributed by atoms with Crippen LogP contribution in [-0.4, -0.2) is 48.2 Å². The van der Waals surface area contributed by atoms with Crippen molar-refractivity contribution in [2.24, 2.45) is 0 Å². The smallest absolute Gasteiger partial charge is 0.338 e. The van der Waals surface area contributed by atoms with Crippen molar-refractivity contribution in [1.29, 1.82) is 0 Å². The third-order valence-corrected chi connectivity index (χ3v) is 6.18. The molecule has 0 amide bonds. The highest BCUT2D eigenvalue weighted by molar-refractivity contribution is 5.89. The number of nitrogens with zero attached hydrogens (tertiary/aromatic N) is 1. The van der Waals surface area contributed by atoms with Gasteiger partial charge in [-0.1, -0.05) is 24.3 Å². The van der Waals surface area contributed by atoms with Crippen molar-refractivity contribution >= 4 is 11.9 Å². The van der Waals surface area contributed by atoms with Crippen molar-refractivity contribution in [2.45, 2.75) is 58.4 Å². The number of fused-ring (bicyclic) bond motifs is 1. The first kappa shape index (κ1) is 24.8. The molecule has 0 aromatic heterocycles. The number of para-hydroxylation sites is 1. The van der Waals surface area contributed by atoms with Crippen LogP contribution < -0.4 is 0 Å². The number of carbonyl (C=O) groups is 2. The van der Waals surface area contributed by atoms with Gasteiger partial charge >= 0.3 is 11.9 Å². The van der Waals surface area contributed by atoms with Crippen molar-refractivity contribution in [3.63, 3.8) is 0 Å². The molecule has 1 aliphatic rings. The van der Waals surface area contributed by atoms with Gasteiger partial charge in [0.2, 0.25) is 0 Å². The molecule has 0 saturated heterocycles. The number of benzene rings is 2. The van der Waals surface area contributed by atoms with Crippen molar-refractivity contribution in [1.82, 2.24) is 4.90 Å². The topological polar surface area (TPSA) is 76.1 Å². The third kappa shape index (κ3) is 6.81. The Labute approximate surface area is 196 Å². The van der Waals surface area contributed by atoms with Crippen LogP contribution in [0.3, 0.4) is 0 Å². The maximum atomic E-state index is 12.1. The molecule has 1 unspecified atom stereocenters. The number of rotatable bonds is 12. The Morgan fingerprint density at radius 1 is 1.03 bits per heavy atom. The highest BCUT2D eigenvalue weighted by Crippen LogP contribution is 2.37. The molecular formula is C27H35NO5. The van der Waals surface area contributed by atoms with Gasteiger partial charge < -0.3 is 14.6 Å². The molecule has 1 N–H and O–H groups in total. The summed E-state index contributed by atoms with van der Waals surface area (Å²) in [5.41, 5.74) is 3.99. The van der Waals surface area contributed by atoms with Gasteiger partial charge in [0.1, 0.15) is 5.75 Å². The monoisotopic (exact) mass is 453 g/mol. The SMILES string of the molecule is CCOC(=O)CCCCN(CCc1ccccc1O)C1CCc2cc(C(=O)OCC)ccc21. The molecule has 6 nitrogen and oxygen atoms in total. The number of phenolic OH excluding ortho intramolecular Hbond substituents is 1. The lowest BCUT2D eigenvalue weighted by atomic mass is 10.0. The summed E-state index contributed by atoms with van der Waals surface area (Å²) < 4.78 is 10.2. The molecule has 0 fully saturated rings. The van der Waals surface area contributed by atoms with E-state index in [9.17, 15) is 14.7 Å². The molecule has 0 bridgehead atoms. The molecule has 0 radical (unpaired) electrons. The lowest BCUT2D eigenvalue weighted by Gasteiger charge is -2.30. The van der Waals surface area contributed by atoms with E-state index < -0.39 is 0 Å². The zero-order valence-corrected chi connectivity index (χ0v) is 19.7. The van der Waals surface area contributed by atoms with Gasteiger partial charge in [-0.2, -0.15) is 0 Å². The Morgan fingerprint density at radius 2 is 1.82 bits per heavy atom. The van der Waals surface area contributed by atoms with Gasteiger partial charge in [-0.05, 0) is 87.4 Å². The van der Waals surface area contributed by atoms with Crippen LogP contribution in [0.5, 0.6) is 5.75 Å². The fraction of sp³-hybridized carbons (Fsp3) is 0.481. The third-order valence-electron chi connectivity index (χ3n) is 6.18. The largest absolute Gasteiger partial charge is 0.508 e. The van der Waals surface area contributed by atoms with E-state index in [4.69, 9.17) is 9.47 Å². The van der Waals surface area contributed by atoms with E-state index in [1.165, 1.54) is 11.1 Å².